The Hall–Kier alpha value is -1.66. The Balaban J connectivity index is 1.85. The Bertz CT molecular complexity index is 742. The molecule has 1 aromatic heterocycles. The highest BCUT2D eigenvalue weighted by Gasteiger charge is 2.33. The summed E-state index contributed by atoms with van der Waals surface area (Å²) < 4.78 is 12.7. The van der Waals surface area contributed by atoms with Crippen molar-refractivity contribution in [1.29, 1.82) is 0 Å². The summed E-state index contributed by atoms with van der Waals surface area (Å²) in [5, 5.41) is 0. The normalized spacial score (nSPS) is 14.5. The summed E-state index contributed by atoms with van der Waals surface area (Å²) in [4.78, 5) is 29.5. The molecule has 0 aliphatic heterocycles. The van der Waals surface area contributed by atoms with Crippen molar-refractivity contribution in [1.82, 2.24) is 4.98 Å². The Labute approximate surface area is 141 Å². The van der Waals surface area contributed by atoms with Crippen LogP contribution in [0.15, 0.2) is 28.6 Å². The van der Waals surface area contributed by atoms with Crippen LogP contribution in [0.3, 0.4) is 0 Å². The van der Waals surface area contributed by atoms with Crippen LogP contribution in [-0.4, -0.2) is 26.5 Å². The molecule has 0 amide bonds. The number of unbranched alkanes of at least 4 members (excludes halogenated alkanes) is 3. The summed E-state index contributed by atoms with van der Waals surface area (Å²) in [6.07, 6.45) is 4.15. The van der Waals surface area contributed by atoms with Crippen molar-refractivity contribution in [2.45, 2.75) is 36.9 Å². The topological polar surface area (TPSA) is 64.1 Å². The van der Waals surface area contributed by atoms with Crippen molar-refractivity contribution in [3.63, 3.8) is 0 Å². The Kier molecular flexibility index (Phi) is 4.82. The van der Waals surface area contributed by atoms with E-state index in [4.69, 9.17) is 0 Å². The first kappa shape index (κ1) is 16.2. The Morgan fingerprint density at radius 1 is 1.04 bits per heavy atom. The largest absolute Gasteiger partial charge is 0.288 e. The van der Waals surface area contributed by atoms with Crippen molar-refractivity contribution in [3.05, 3.63) is 46.0 Å². The summed E-state index contributed by atoms with van der Waals surface area (Å²) in [7, 11) is -1.24. The van der Waals surface area contributed by atoms with Gasteiger partial charge in [0, 0.05) is 16.9 Å². The van der Waals surface area contributed by atoms with E-state index in [9.17, 15) is 13.8 Å². The number of ketones is 2. The number of carbonyl (C=O) groups is 2. The third-order valence-electron chi connectivity index (χ3n) is 3.82. The van der Waals surface area contributed by atoms with Gasteiger partial charge in [-0.3, -0.25) is 13.8 Å². The fraction of sp³-hybridized carbons (Fsp3) is 0.353. The van der Waals surface area contributed by atoms with Crippen molar-refractivity contribution >= 4 is 33.7 Å². The summed E-state index contributed by atoms with van der Waals surface area (Å²) in [6, 6.07) is 6.76. The highest BCUT2D eigenvalue weighted by Crippen LogP contribution is 2.32. The van der Waals surface area contributed by atoms with Crippen LogP contribution in [-0.2, 0) is 10.8 Å². The minimum atomic E-state index is -1.24. The number of aromatic nitrogens is 1. The molecule has 1 aromatic carbocycles. The summed E-state index contributed by atoms with van der Waals surface area (Å²) in [5.74, 6) is 0.0875. The molecule has 1 heterocycles. The molecule has 23 heavy (non-hydrogen) atoms. The fourth-order valence-corrected chi connectivity index (χ4v) is 5.04. The number of hydrogen-bond donors (Lipinski definition) is 0. The lowest BCUT2D eigenvalue weighted by atomic mass is 9.92. The molecule has 1 aliphatic rings. The summed E-state index contributed by atoms with van der Waals surface area (Å²) in [5.41, 5.74) is 0.958. The van der Waals surface area contributed by atoms with Crippen LogP contribution in [0.5, 0.6) is 0 Å². The van der Waals surface area contributed by atoms with E-state index in [-0.39, 0.29) is 17.3 Å². The van der Waals surface area contributed by atoms with E-state index < -0.39 is 10.8 Å². The van der Waals surface area contributed by atoms with Gasteiger partial charge < -0.3 is 0 Å². The highest BCUT2D eigenvalue weighted by atomic mass is 32.2. The van der Waals surface area contributed by atoms with Gasteiger partial charge in [-0.25, -0.2) is 4.98 Å². The second-order valence-corrected chi connectivity index (χ2v) is 8.22. The van der Waals surface area contributed by atoms with Crippen LogP contribution in [0.25, 0.3) is 0 Å². The maximum Gasteiger partial charge on any atom is 0.213 e. The lowest BCUT2D eigenvalue weighted by Crippen LogP contribution is -2.19. The van der Waals surface area contributed by atoms with Crippen molar-refractivity contribution in [2.24, 2.45) is 0 Å². The number of rotatable bonds is 6. The Morgan fingerprint density at radius 3 is 2.43 bits per heavy atom. The fourth-order valence-electron chi connectivity index (χ4n) is 2.58. The van der Waals surface area contributed by atoms with E-state index in [0.717, 1.165) is 37.0 Å². The molecule has 0 fully saturated rings. The third-order valence-corrected chi connectivity index (χ3v) is 6.62. The molecular formula is C17H17NO3S2. The van der Waals surface area contributed by atoms with E-state index >= 15 is 0 Å². The second kappa shape index (κ2) is 6.84. The number of benzene rings is 1. The first-order valence-corrected chi connectivity index (χ1v) is 9.84. The predicted molar refractivity (Wildman–Crippen MR) is 90.8 cm³/mol. The van der Waals surface area contributed by atoms with Gasteiger partial charge in [0.2, 0.25) is 11.6 Å². The molecule has 6 heteroatoms. The zero-order chi connectivity index (χ0) is 16.4. The maximum atomic E-state index is 12.5. The molecule has 1 unspecified atom stereocenters. The van der Waals surface area contributed by atoms with E-state index in [1.165, 1.54) is 0 Å². The SMILES string of the molecule is CCCCCCS(=O)c1nc2c(s1)C(=O)c1ccccc1C2=O. The molecule has 0 saturated heterocycles. The van der Waals surface area contributed by atoms with Gasteiger partial charge in [0.25, 0.3) is 0 Å². The van der Waals surface area contributed by atoms with Gasteiger partial charge in [0.05, 0.1) is 10.8 Å². The molecule has 2 aromatic rings. The van der Waals surface area contributed by atoms with Crippen LogP contribution in [0.1, 0.15) is 63.9 Å². The molecule has 0 radical (unpaired) electrons. The van der Waals surface area contributed by atoms with Gasteiger partial charge in [-0.15, -0.1) is 11.3 Å². The summed E-state index contributed by atoms with van der Waals surface area (Å²) in [6.45, 7) is 2.13. The number of carbonyl (C=O) groups excluding carboxylic acids is 2. The minimum absolute atomic E-state index is 0.163. The first-order chi connectivity index (χ1) is 11.1. The minimum Gasteiger partial charge on any atom is -0.288 e. The van der Waals surface area contributed by atoms with Gasteiger partial charge in [-0.1, -0.05) is 50.5 Å². The first-order valence-electron chi connectivity index (χ1n) is 7.71. The van der Waals surface area contributed by atoms with Gasteiger partial charge in [-0.2, -0.15) is 0 Å². The molecule has 3 rings (SSSR count). The predicted octanol–water partition coefficient (Wildman–Crippen LogP) is 3.61. The van der Waals surface area contributed by atoms with Crippen LogP contribution in [0, 0.1) is 0 Å². The Morgan fingerprint density at radius 2 is 1.74 bits per heavy atom. The monoisotopic (exact) mass is 347 g/mol. The number of hydrogen-bond acceptors (Lipinski definition) is 5. The van der Waals surface area contributed by atoms with Crippen LogP contribution in [0.4, 0.5) is 0 Å². The van der Waals surface area contributed by atoms with E-state index in [1.807, 2.05) is 0 Å². The number of nitrogens with zero attached hydrogens (tertiary/aromatic N) is 1. The lowest BCUT2D eigenvalue weighted by Gasteiger charge is -2.11. The molecule has 0 N–H and O–H groups in total. The van der Waals surface area contributed by atoms with E-state index in [2.05, 4.69) is 11.9 Å². The number of fused-ring (bicyclic) bond motifs is 2. The third kappa shape index (κ3) is 3.05. The smallest absolute Gasteiger partial charge is 0.213 e. The zero-order valence-electron chi connectivity index (χ0n) is 12.8. The quantitative estimate of drug-likeness (QED) is 0.639. The van der Waals surface area contributed by atoms with E-state index in [0.29, 0.717) is 26.1 Å². The molecular weight excluding hydrogens is 330 g/mol. The van der Waals surface area contributed by atoms with Gasteiger partial charge >= 0.3 is 0 Å². The van der Waals surface area contributed by atoms with Crippen molar-refractivity contribution in [3.8, 4) is 0 Å². The molecule has 120 valence electrons. The maximum absolute atomic E-state index is 12.5. The lowest BCUT2D eigenvalue weighted by molar-refractivity contribution is 0.0979. The average Bonchev–Trinajstić information content (AvgIpc) is 3.02. The standard InChI is InChI=1S/C17H17NO3S2/c1-2-3-4-7-10-23(21)17-18-13-14(19)11-8-5-6-9-12(11)15(20)16(13)22-17/h5-6,8-9H,2-4,7,10H2,1H3. The van der Waals surface area contributed by atoms with Crippen molar-refractivity contribution in [2.75, 3.05) is 5.75 Å². The number of thiazole rings is 1. The molecule has 0 spiro atoms. The van der Waals surface area contributed by atoms with Gasteiger partial charge in [-0.05, 0) is 6.42 Å². The molecule has 1 aliphatic carbocycles. The average molecular weight is 347 g/mol. The van der Waals surface area contributed by atoms with Crippen LogP contribution in [0.2, 0.25) is 0 Å². The van der Waals surface area contributed by atoms with Crippen LogP contribution >= 0.6 is 11.3 Å². The van der Waals surface area contributed by atoms with Gasteiger partial charge in [0.1, 0.15) is 10.6 Å². The molecule has 4 nitrogen and oxygen atoms in total. The van der Waals surface area contributed by atoms with Gasteiger partial charge in [0.15, 0.2) is 4.34 Å². The second-order valence-electron chi connectivity index (χ2n) is 5.47. The molecule has 0 saturated carbocycles. The highest BCUT2D eigenvalue weighted by molar-refractivity contribution is 7.87. The molecule has 1 atom stereocenters. The van der Waals surface area contributed by atoms with Crippen molar-refractivity contribution < 1.29 is 13.8 Å². The summed E-state index contributed by atoms with van der Waals surface area (Å²) >= 11 is 1.10. The van der Waals surface area contributed by atoms with E-state index in [1.54, 1.807) is 24.3 Å². The molecule has 0 bridgehead atoms. The van der Waals surface area contributed by atoms with Crippen LogP contribution < -0.4 is 0 Å². The zero-order valence-corrected chi connectivity index (χ0v) is 14.5.